The van der Waals surface area contributed by atoms with Gasteiger partial charge in [-0.1, -0.05) is 103 Å². The molecule has 6 heteroatoms. The monoisotopic (exact) mass is 727 g/mol. The first-order valence-electron chi connectivity index (χ1n) is 19.0. The van der Waals surface area contributed by atoms with Crippen LogP contribution in [-0.2, 0) is 0 Å². The number of rotatable bonds is 4. The Labute approximate surface area is 325 Å². The van der Waals surface area contributed by atoms with E-state index in [9.17, 15) is 5.26 Å². The molecule has 4 aromatic heterocycles. The number of fused-ring (bicyclic) bond motifs is 10. The number of benzene rings is 8. The zero-order chi connectivity index (χ0) is 37.6. The van der Waals surface area contributed by atoms with Gasteiger partial charge in [0.1, 0.15) is 16.8 Å². The van der Waals surface area contributed by atoms with Crippen molar-refractivity contribution in [2.45, 2.75) is 0 Å². The molecule has 12 rings (SSSR count). The molecule has 0 atom stereocenters. The molecule has 264 valence electrons. The van der Waals surface area contributed by atoms with Gasteiger partial charge in [-0.25, -0.2) is 9.97 Å². The highest BCUT2D eigenvalue weighted by Gasteiger charge is 2.23. The Bertz CT molecular complexity index is 3640. The highest BCUT2D eigenvalue weighted by Crippen LogP contribution is 2.41. The van der Waals surface area contributed by atoms with Crippen LogP contribution >= 0.6 is 0 Å². The molecule has 0 spiro atoms. The van der Waals surface area contributed by atoms with Crippen molar-refractivity contribution in [1.29, 1.82) is 5.26 Å². The fourth-order valence-corrected chi connectivity index (χ4v) is 8.69. The Morgan fingerprint density at radius 1 is 0.456 bits per heavy atom. The fraction of sp³-hybridized carbons (Fsp3) is 0. The number of furan rings is 1. The van der Waals surface area contributed by atoms with E-state index in [-0.39, 0.29) is 0 Å². The van der Waals surface area contributed by atoms with E-state index in [4.69, 9.17) is 14.4 Å². The molecular formula is C51H29N5O. The van der Waals surface area contributed by atoms with E-state index in [0.717, 1.165) is 93.6 Å². The zero-order valence-corrected chi connectivity index (χ0v) is 30.4. The van der Waals surface area contributed by atoms with Crippen molar-refractivity contribution in [3.05, 3.63) is 181 Å². The van der Waals surface area contributed by atoms with E-state index in [0.29, 0.717) is 17.1 Å². The molecule has 0 unspecified atom stereocenters. The van der Waals surface area contributed by atoms with Gasteiger partial charge in [0.25, 0.3) is 0 Å². The number of hydrogen-bond donors (Lipinski definition) is 0. The summed E-state index contributed by atoms with van der Waals surface area (Å²) in [5, 5.41) is 17.2. The minimum atomic E-state index is 0.574. The summed E-state index contributed by atoms with van der Waals surface area (Å²) < 4.78 is 11.4. The number of para-hydroxylation sites is 3. The molecule has 0 amide bonds. The molecule has 57 heavy (non-hydrogen) atoms. The average Bonchev–Trinajstić information content (AvgIpc) is 3.92. The third-order valence-electron chi connectivity index (χ3n) is 11.4. The van der Waals surface area contributed by atoms with Crippen molar-refractivity contribution in [1.82, 2.24) is 19.1 Å². The Kier molecular flexibility index (Phi) is 6.60. The second kappa shape index (κ2) is 12.0. The van der Waals surface area contributed by atoms with Gasteiger partial charge in [-0.3, -0.25) is 4.57 Å². The lowest BCUT2D eigenvalue weighted by molar-refractivity contribution is 0.667. The Balaban J connectivity index is 1.16. The molecule has 8 aromatic carbocycles. The van der Waals surface area contributed by atoms with Gasteiger partial charge < -0.3 is 8.98 Å². The molecule has 0 radical (unpaired) electrons. The van der Waals surface area contributed by atoms with Crippen LogP contribution in [0, 0.1) is 11.3 Å². The van der Waals surface area contributed by atoms with Crippen molar-refractivity contribution in [3.8, 4) is 40.1 Å². The van der Waals surface area contributed by atoms with Crippen LogP contribution in [-0.4, -0.2) is 19.1 Å². The second-order valence-corrected chi connectivity index (χ2v) is 14.5. The molecule has 0 aliphatic rings. The van der Waals surface area contributed by atoms with Crippen molar-refractivity contribution >= 4 is 76.5 Å². The van der Waals surface area contributed by atoms with Crippen LogP contribution in [0.3, 0.4) is 0 Å². The minimum absolute atomic E-state index is 0.574. The molecule has 4 heterocycles. The van der Waals surface area contributed by atoms with E-state index in [1.165, 1.54) is 5.39 Å². The zero-order valence-electron chi connectivity index (χ0n) is 30.4. The van der Waals surface area contributed by atoms with Gasteiger partial charge in [0.15, 0.2) is 5.58 Å². The third-order valence-corrected chi connectivity index (χ3v) is 11.4. The van der Waals surface area contributed by atoms with E-state index in [1.54, 1.807) is 0 Å². The van der Waals surface area contributed by atoms with Crippen molar-refractivity contribution in [2.24, 2.45) is 0 Å². The SMILES string of the molecule is N#Cc1ccc(-c2ccc3c(c2)oc2c(-c4ccc5c(c4)c4ccccc4n5-c4ccccc4)nc(-n4c5ccccc5c5cc6ccccc6cc54)nc23)cc1. The normalized spacial score (nSPS) is 11.8. The highest BCUT2D eigenvalue weighted by molar-refractivity contribution is 6.15. The standard InChI is InChI=1S/C51H29N5O/c52-30-31-18-20-32(21-19-31)35-22-24-40-47(29-35)57-50-48(36-23-25-45-41(27-36)38-14-6-8-16-43(38)55(45)37-12-2-1-3-13-37)53-51(54-49(40)50)56-44-17-9-7-15-39(44)42-26-33-10-4-5-11-34(33)28-46(42)56/h1-29H. The third kappa shape index (κ3) is 4.70. The Hall–Kier alpha value is -8.01. The number of aromatic nitrogens is 4. The average molecular weight is 728 g/mol. The Morgan fingerprint density at radius 2 is 1.09 bits per heavy atom. The van der Waals surface area contributed by atoms with Crippen LogP contribution in [0.15, 0.2) is 180 Å². The molecule has 0 saturated carbocycles. The quantitative estimate of drug-likeness (QED) is 0.181. The van der Waals surface area contributed by atoms with Crippen LogP contribution < -0.4 is 0 Å². The lowest BCUT2D eigenvalue weighted by atomic mass is 10.0. The van der Waals surface area contributed by atoms with Crippen molar-refractivity contribution < 1.29 is 4.42 Å². The van der Waals surface area contributed by atoms with Crippen LogP contribution in [0.4, 0.5) is 0 Å². The number of nitrogens with zero attached hydrogens (tertiary/aromatic N) is 5. The van der Waals surface area contributed by atoms with Gasteiger partial charge >= 0.3 is 0 Å². The summed E-state index contributed by atoms with van der Waals surface area (Å²) in [7, 11) is 0. The lowest BCUT2D eigenvalue weighted by Gasteiger charge is -2.10. The summed E-state index contributed by atoms with van der Waals surface area (Å²) in [5.41, 5.74) is 11.8. The predicted octanol–water partition coefficient (Wildman–Crippen LogP) is 12.9. The maximum atomic E-state index is 9.38. The first kappa shape index (κ1) is 31.4. The summed E-state index contributed by atoms with van der Waals surface area (Å²) in [6, 6.07) is 63.2. The molecule has 0 bridgehead atoms. The maximum Gasteiger partial charge on any atom is 0.236 e. The summed E-state index contributed by atoms with van der Waals surface area (Å²) in [5.74, 6) is 0.574. The molecule has 0 fully saturated rings. The largest absolute Gasteiger partial charge is 0.452 e. The molecule has 0 aliphatic heterocycles. The van der Waals surface area contributed by atoms with E-state index >= 15 is 0 Å². The maximum absolute atomic E-state index is 9.38. The predicted molar refractivity (Wildman–Crippen MR) is 231 cm³/mol. The summed E-state index contributed by atoms with van der Waals surface area (Å²) >= 11 is 0. The van der Waals surface area contributed by atoms with Gasteiger partial charge in [-0.2, -0.15) is 5.26 Å². The molecular weight excluding hydrogens is 699 g/mol. The fourth-order valence-electron chi connectivity index (χ4n) is 8.69. The summed E-state index contributed by atoms with van der Waals surface area (Å²) in [4.78, 5) is 10.8. The summed E-state index contributed by atoms with van der Waals surface area (Å²) in [6.45, 7) is 0. The van der Waals surface area contributed by atoms with Crippen LogP contribution in [0.25, 0.3) is 110 Å². The topological polar surface area (TPSA) is 72.6 Å². The second-order valence-electron chi connectivity index (χ2n) is 14.5. The van der Waals surface area contributed by atoms with Crippen LogP contribution in [0.2, 0.25) is 0 Å². The molecule has 0 N–H and O–H groups in total. The highest BCUT2D eigenvalue weighted by atomic mass is 16.3. The number of hydrogen-bond acceptors (Lipinski definition) is 4. The van der Waals surface area contributed by atoms with Gasteiger partial charge in [0.05, 0.1) is 33.7 Å². The smallest absolute Gasteiger partial charge is 0.236 e. The molecule has 6 nitrogen and oxygen atoms in total. The van der Waals surface area contributed by atoms with Gasteiger partial charge in [-0.15, -0.1) is 0 Å². The minimum Gasteiger partial charge on any atom is -0.452 e. The lowest BCUT2D eigenvalue weighted by Crippen LogP contribution is -2.03. The van der Waals surface area contributed by atoms with Crippen molar-refractivity contribution in [2.75, 3.05) is 0 Å². The van der Waals surface area contributed by atoms with E-state index in [2.05, 4.69) is 161 Å². The summed E-state index contributed by atoms with van der Waals surface area (Å²) in [6.07, 6.45) is 0. The van der Waals surface area contributed by atoms with E-state index in [1.807, 2.05) is 30.3 Å². The molecule has 12 aromatic rings. The van der Waals surface area contributed by atoms with Crippen molar-refractivity contribution in [3.63, 3.8) is 0 Å². The first-order chi connectivity index (χ1) is 28.2. The Morgan fingerprint density at radius 3 is 1.86 bits per heavy atom. The van der Waals surface area contributed by atoms with Gasteiger partial charge in [0, 0.05) is 38.2 Å². The van der Waals surface area contributed by atoms with Crippen LogP contribution in [0.1, 0.15) is 5.56 Å². The number of nitriles is 1. The van der Waals surface area contributed by atoms with Crippen LogP contribution in [0.5, 0.6) is 0 Å². The van der Waals surface area contributed by atoms with Gasteiger partial charge in [-0.05, 0) is 94.7 Å². The van der Waals surface area contributed by atoms with Gasteiger partial charge in [0.2, 0.25) is 5.95 Å². The van der Waals surface area contributed by atoms with E-state index < -0.39 is 0 Å². The molecule has 0 aliphatic carbocycles. The molecule has 0 saturated heterocycles. The first-order valence-corrected chi connectivity index (χ1v) is 19.0.